The summed E-state index contributed by atoms with van der Waals surface area (Å²) in [5.74, 6) is 0. The smallest absolute Gasteiger partial charge is 0.116 e. The largest absolute Gasteiger partial charge is 0.389 e. The third-order valence-corrected chi connectivity index (χ3v) is 3.93. The van der Waals surface area contributed by atoms with Gasteiger partial charge >= 0.3 is 0 Å². The number of aliphatic hydroxyl groups is 3. The quantitative estimate of drug-likeness (QED) is 0.629. The highest BCUT2D eigenvalue weighted by atomic mass is 16.4. The molecular weight excluding hydrogens is 204 g/mol. The van der Waals surface area contributed by atoms with Crippen molar-refractivity contribution in [3.05, 3.63) is 12.2 Å². The van der Waals surface area contributed by atoms with E-state index in [2.05, 4.69) is 0 Å². The molecule has 16 heavy (non-hydrogen) atoms. The Hall–Kier alpha value is -0.380. The van der Waals surface area contributed by atoms with E-state index in [1.165, 1.54) is 0 Å². The molecule has 0 heterocycles. The van der Waals surface area contributed by atoms with Gasteiger partial charge in [-0.3, -0.25) is 0 Å². The summed E-state index contributed by atoms with van der Waals surface area (Å²) in [6, 6.07) is 0. The van der Waals surface area contributed by atoms with Crippen LogP contribution in [-0.4, -0.2) is 32.6 Å². The lowest BCUT2D eigenvalue weighted by atomic mass is 9.58. The van der Waals surface area contributed by atoms with Crippen molar-refractivity contribution in [2.24, 2.45) is 5.41 Å². The molecule has 0 spiro atoms. The van der Waals surface area contributed by atoms with Crippen LogP contribution in [0.25, 0.3) is 0 Å². The van der Waals surface area contributed by atoms with Gasteiger partial charge in [-0.25, -0.2) is 0 Å². The van der Waals surface area contributed by atoms with E-state index in [0.29, 0.717) is 6.42 Å². The Morgan fingerprint density at radius 1 is 1.12 bits per heavy atom. The fraction of sp³-hybridized carbons (Fsp3) is 0.846. The van der Waals surface area contributed by atoms with Crippen LogP contribution in [0.5, 0.6) is 0 Å². The molecule has 3 N–H and O–H groups in total. The Labute approximate surface area is 97.8 Å². The predicted octanol–water partition coefficient (Wildman–Crippen LogP) is 1.62. The molecule has 1 saturated carbocycles. The SMILES string of the molecule is C[C@@H](O)/C=C/[C@]1(O)C(C)(C)CCC[C@@]1(C)O. The maximum absolute atomic E-state index is 10.7. The van der Waals surface area contributed by atoms with Crippen LogP contribution in [0.15, 0.2) is 12.2 Å². The second-order valence-corrected chi connectivity index (χ2v) is 5.88. The summed E-state index contributed by atoms with van der Waals surface area (Å²) in [5.41, 5.74) is -2.81. The van der Waals surface area contributed by atoms with Crippen molar-refractivity contribution >= 4 is 0 Å². The van der Waals surface area contributed by atoms with Gasteiger partial charge in [0, 0.05) is 0 Å². The first-order chi connectivity index (χ1) is 7.12. The van der Waals surface area contributed by atoms with Crippen LogP contribution < -0.4 is 0 Å². The Bertz CT molecular complexity index is 261. The zero-order valence-electron chi connectivity index (χ0n) is 10.7. The Balaban J connectivity index is 3.10. The summed E-state index contributed by atoms with van der Waals surface area (Å²) in [4.78, 5) is 0. The van der Waals surface area contributed by atoms with Crippen LogP contribution in [0.2, 0.25) is 0 Å². The van der Waals surface area contributed by atoms with Crippen molar-refractivity contribution in [1.82, 2.24) is 0 Å². The molecule has 94 valence electrons. The zero-order valence-corrected chi connectivity index (χ0v) is 10.7. The summed E-state index contributed by atoms with van der Waals surface area (Å²) in [5, 5.41) is 30.3. The van der Waals surface area contributed by atoms with Crippen LogP contribution in [0.1, 0.15) is 47.0 Å². The average Bonchev–Trinajstić information content (AvgIpc) is 2.10. The average molecular weight is 228 g/mol. The van der Waals surface area contributed by atoms with Crippen molar-refractivity contribution in [2.75, 3.05) is 0 Å². The second-order valence-electron chi connectivity index (χ2n) is 5.88. The molecule has 0 aromatic heterocycles. The summed E-state index contributed by atoms with van der Waals surface area (Å²) >= 11 is 0. The van der Waals surface area contributed by atoms with Crippen molar-refractivity contribution in [3.63, 3.8) is 0 Å². The second kappa shape index (κ2) is 4.13. The van der Waals surface area contributed by atoms with Crippen molar-refractivity contribution < 1.29 is 15.3 Å². The molecule has 1 aliphatic carbocycles. The van der Waals surface area contributed by atoms with E-state index >= 15 is 0 Å². The fourth-order valence-corrected chi connectivity index (χ4v) is 2.67. The summed E-state index contributed by atoms with van der Waals surface area (Å²) in [7, 11) is 0. The van der Waals surface area contributed by atoms with Gasteiger partial charge in [-0.05, 0) is 38.5 Å². The third kappa shape index (κ3) is 2.17. The lowest BCUT2D eigenvalue weighted by Gasteiger charge is -2.53. The maximum atomic E-state index is 10.7. The van der Waals surface area contributed by atoms with E-state index < -0.39 is 17.3 Å². The fourth-order valence-electron chi connectivity index (χ4n) is 2.67. The van der Waals surface area contributed by atoms with E-state index in [9.17, 15) is 15.3 Å². The number of rotatable bonds is 2. The van der Waals surface area contributed by atoms with Gasteiger partial charge in [0.1, 0.15) is 5.60 Å². The van der Waals surface area contributed by atoms with Crippen molar-refractivity contribution in [3.8, 4) is 0 Å². The Morgan fingerprint density at radius 2 is 1.69 bits per heavy atom. The molecule has 0 unspecified atom stereocenters. The summed E-state index contributed by atoms with van der Waals surface area (Å²) in [6.45, 7) is 7.20. The summed E-state index contributed by atoms with van der Waals surface area (Å²) in [6.07, 6.45) is 4.85. The third-order valence-electron chi connectivity index (χ3n) is 3.93. The first kappa shape index (κ1) is 13.7. The molecule has 1 aliphatic rings. The molecule has 3 heteroatoms. The number of hydrogen-bond acceptors (Lipinski definition) is 3. The van der Waals surface area contributed by atoms with Gasteiger partial charge in [0.15, 0.2) is 0 Å². The molecule has 0 bridgehead atoms. The van der Waals surface area contributed by atoms with Gasteiger partial charge in [-0.2, -0.15) is 0 Å². The number of hydrogen-bond donors (Lipinski definition) is 3. The van der Waals surface area contributed by atoms with Crippen LogP contribution in [0, 0.1) is 5.41 Å². The van der Waals surface area contributed by atoms with Gasteiger partial charge in [0.2, 0.25) is 0 Å². The lowest BCUT2D eigenvalue weighted by molar-refractivity contribution is -0.194. The van der Waals surface area contributed by atoms with Gasteiger partial charge in [-0.15, -0.1) is 0 Å². The minimum absolute atomic E-state index is 0.389. The van der Waals surface area contributed by atoms with Crippen LogP contribution in [-0.2, 0) is 0 Å². The molecule has 0 aliphatic heterocycles. The monoisotopic (exact) mass is 228 g/mol. The topological polar surface area (TPSA) is 60.7 Å². The highest BCUT2D eigenvalue weighted by molar-refractivity contribution is 5.19. The molecule has 0 amide bonds. The standard InChI is InChI=1S/C13H24O3/c1-10(14)6-9-13(16)11(2,3)7-5-8-12(13,4)15/h6,9-10,14-16H,5,7-8H2,1-4H3/b9-6+/t10-,12-,13+/m1/s1. The van der Waals surface area contributed by atoms with E-state index in [0.717, 1.165) is 12.8 Å². The molecule has 3 nitrogen and oxygen atoms in total. The Morgan fingerprint density at radius 3 is 2.12 bits per heavy atom. The van der Waals surface area contributed by atoms with Crippen molar-refractivity contribution in [1.29, 1.82) is 0 Å². The normalized spacial score (nSPS) is 41.2. The van der Waals surface area contributed by atoms with Crippen LogP contribution >= 0.6 is 0 Å². The van der Waals surface area contributed by atoms with Crippen LogP contribution in [0.3, 0.4) is 0 Å². The first-order valence-electron chi connectivity index (χ1n) is 5.95. The van der Waals surface area contributed by atoms with Gasteiger partial charge in [0.05, 0.1) is 11.7 Å². The van der Waals surface area contributed by atoms with Gasteiger partial charge in [-0.1, -0.05) is 26.0 Å². The van der Waals surface area contributed by atoms with E-state index in [4.69, 9.17) is 0 Å². The Kier molecular flexibility index (Phi) is 3.53. The van der Waals surface area contributed by atoms with Gasteiger partial charge in [0.25, 0.3) is 0 Å². The molecule has 0 saturated heterocycles. The zero-order chi connectivity index (χ0) is 12.6. The molecule has 1 fully saturated rings. The highest BCUT2D eigenvalue weighted by Crippen LogP contribution is 2.49. The van der Waals surface area contributed by atoms with E-state index in [-0.39, 0.29) is 5.41 Å². The van der Waals surface area contributed by atoms with E-state index in [1.807, 2.05) is 13.8 Å². The van der Waals surface area contributed by atoms with E-state index in [1.54, 1.807) is 26.0 Å². The molecular formula is C13H24O3. The lowest BCUT2D eigenvalue weighted by Crippen LogP contribution is -2.62. The summed E-state index contributed by atoms with van der Waals surface area (Å²) < 4.78 is 0. The predicted molar refractivity (Wildman–Crippen MR) is 64.0 cm³/mol. The number of aliphatic hydroxyl groups excluding tert-OH is 1. The molecule has 0 radical (unpaired) electrons. The molecule has 0 aromatic rings. The molecule has 0 aromatic carbocycles. The molecule has 3 atom stereocenters. The van der Waals surface area contributed by atoms with Crippen molar-refractivity contribution in [2.45, 2.75) is 64.3 Å². The van der Waals surface area contributed by atoms with Gasteiger partial charge < -0.3 is 15.3 Å². The highest BCUT2D eigenvalue weighted by Gasteiger charge is 2.56. The maximum Gasteiger partial charge on any atom is 0.116 e. The first-order valence-corrected chi connectivity index (χ1v) is 5.95. The minimum Gasteiger partial charge on any atom is -0.389 e. The minimum atomic E-state index is -1.28. The van der Waals surface area contributed by atoms with Crippen LogP contribution in [0.4, 0.5) is 0 Å². The molecule has 1 rings (SSSR count).